The van der Waals surface area contributed by atoms with Gasteiger partial charge in [0.25, 0.3) is 11.8 Å². The number of anilines is 1. The molecule has 0 unspecified atom stereocenters. The molecule has 164 valence electrons. The molecule has 0 atom stereocenters. The fourth-order valence-corrected chi connectivity index (χ4v) is 2.98. The van der Waals surface area contributed by atoms with Crippen LogP contribution in [0.5, 0.6) is 5.75 Å². The zero-order valence-electron chi connectivity index (χ0n) is 18.7. The molecule has 2 amide bonds. The molecule has 0 aliphatic rings. The van der Waals surface area contributed by atoms with Crippen LogP contribution in [-0.4, -0.2) is 25.1 Å². The average Bonchev–Trinajstić information content (AvgIpc) is 2.79. The molecule has 0 saturated heterocycles. The van der Waals surface area contributed by atoms with Crippen LogP contribution in [0.2, 0.25) is 0 Å². The first kappa shape index (κ1) is 22.7. The van der Waals surface area contributed by atoms with Crippen LogP contribution in [0.1, 0.15) is 52.6 Å². The largest absolute Gasteiger partial charge is 0.497 e. The lowest BCUT2D eigenvalue weighted by molar-refractivity contribution is 0.0954. The van der Waals surface area contributed by atoms with Gasteiger partial charge in [0.1, 0.15) is 5.75 Å². The van der Waals surface area contributed by atoms with Gasteiger partial charge in [-0.25, -0.2) is 5.43 Å². The van der Waals surface area contributed by atoms with E-state index in [4.69, 9.17) is 4.74 Å². The van der Waals surface area contributed by atoms with E-state index >= 15 is 0 Å². The van der Waals surface area contributed by atoms with Crippen molar-refractivity contribution >= 4 is 23.7 Å². The minimum atomic E-state index is -0.347. The van der Waals surface area contributed by atoms with Crippen LogP contribution < -0.4 is 15.5 Å². The Hall–Kier alpha value is -3.93. The lowest BCUT2D eigenvalue weighted by atomic mass is 9.87. The number of methoxy groups -OCH3 is 1. The third kappa shape index (κ3) is 6.04. The Balaban J connectivity index is 1.57. The summed E-state index contributed by atoms with van der Waals surface area (Å²) >= 11 is 0. The quantitative estimate of drug-likeness (QED) is 0.427. The second-order valence-corrected chi connectivity index (χ2v) is 8.33. The third-order valence-corrected chi connectivity index (χ3v) is 4.89. The minimum absolute atomic E-state index is 0.0312. The number of carbonyl (C=O) groups is 2. The highest BCUT2D eigenvalue weighted by molar-refractivity contribution is 6.04. The summed E-state index contributed by atoms with van der Waals surface area (Å²) in [5.74, 6) is 0.161. The predicted molar refractivity (Wildman–Crippen MR) is 128 cm³/mol. The molecule has 3 aromatic rings. The summed E-state index contributed by atoms with van der Waals surface area (Å²) in [6.45, 7) is 6.39. The van der Waals surface area contributed by atoms with Crippen molar-refractivity contribution in [3.8, 4) is 5.75 Å². The highest BCUT2D eigenvalue weighted by Gasteiger charge is 2.14. The van der Waals surface area contributed by atoms with Crippen molar-refractivity contribution in [3.05, 3.63) is 95.1 Å². The first-order valence-electron chi connectivity index (χ1n) is 10.3. The number of hydrazone groups is 1. The monoisotopic (exact) mass is 429 g/mol. The molecule has 0 aliphatic heterocycles. The van der Waals surface area contributed by atoms with Crippen LogP contribution in [0.15, 0.2) is 77.9 Å². The van der Waals surface area contributed by atoms with Gasteiger partial charge in [0.15, 0.2) is 0 Å². The Morgan fingerprint density at radius 1 is 0.875 bits per heavy atom. The number of nitrogens with zero attached hydrogens (tertiary/aromatic N) is 1. The molecule has 6 nitrogen and oxygen atoms in total. The maximum Gasteiger partial charge on any atom is 0.271 e. The van der Waals surface area contributed by atoms with Crippen LogP contribution in [0.4, 0.5) is 5.69 Å². The topological polar surface area (TPSA) is 79.8 Å². The van der Waals surface area contributed by atoms with Gasteiger partial charge < -0.3 is 10.1 Å². The molecule has 32 heavy (non-hydrogen) atoms. The lowest BCUT2D eigenvalue weighted by Gasteiger charge is -2.19. The van der Waals surface area contributed by atoms with Crippen LogP contribution >= 0.6 is 0 Å². The van der Waals surface area contributed by atoms with E-state index in [2.05, 4.69) is 36.6 Å². The maximum atomic E-state index is 12.5. The molecule has 0 fully saturated rings. The molecular weight excluding hydrogens is 402 g/mol. The number of amides is 2. The van der Waals surface area contributed by atoms with Gasteiger partial charge in [-0.1, -0.05) is 45.0 Å². The molecule has 0 heterocycles. The number of benzene rings is 3. The summed E-state index contributed by atoms with van der Waals surface area (Å²) in [6.07, 6.45) is 1.54. The molecule has 0 bridgehead atoms. The molecular formula is C26H27N3O3. The molecule has 2 N–H and O–H groups in total. The summed E-state index contributed by atoms with van der Waals surface area (Å²) in [5, 5.41) is 6.82. The first-order valence-corrected chi connectivity index (χ1v) is 10.3. The molecule has 0 radical (unpaired) electrons. The van der Waals surface area contributed by atoms with Crippen molar-refractivity contribution in [2.45, 2.75) is 26.2 Å². The molecule has 3 aromatic carbocycles. The molecule has 6 heteroatoms. The third-order valence-electron chi connectivity index (χ3n) is 4.89. The van der Waals surface area contributed by atoms with Gasteiger partial charge >= 0.3 is 0 Å². The van der Waals surface area contributed by atoms with E-state index in [9.17, 15) is 9.59 Å². The van der Waals surface area contributed by atoms with Gasteiger partial charge in [-0.05, 0) is 65.1 Å². The van der Waals surface area contributed by atoms with Gasteiger partial charge in [-0.2, -0.15) is 5.10 Å². The van der Waals surface area contributed by atoms with Gasteiger partial charge in [0.2, 0.25) is 0 Å². The normalized spacial score (nSPS) is 11.2. The number of ether oxygens (including phenoxy) is 1. The van der Waals surface area contributed by atoms with Crippen LogP contribution in [-0.2, 0) is 5.41 Å². The zero-order chi connectivity index (χ0) is 23.1. The van der Waals surface area contributed by atoms with Crippen molar-refractivity contribution in [2.75, 3.05) is 12.4 Å². The van der Waals surface area contributed by atoms with Gasteiger partial charge in [0.05, 0.1) is 13.3 Å². The molecule has 3 rings (SSSR count). The van der Waals surface area contributed by atoms with E-state index in [0.29, 0.717) is 22.6 Å². The fraction of sp³-hybridized carbons (Fsp3) is 0.192. The van der Waals surface area contributed by atoms with E-state index in [1.165, 1.54) is 5.56 Å². The SMILES string of the molecule is COc1cccc(C=NNC(=O)c2ccc(NC(=O)c3ccc(C(C)(C)C)cc3)cc2)c1. The van der Waals surface area contributed by atoms with Crippen LogP contribution in [0.3, 0.4) is 0 Å². The molecule has 0 aromatic heterocycles. The average molecular weight is 430 g/mol. The summed E-state index contributed by atoms with van der Waals surface area (Å²) in [7, 11) is 1.59. The second-order valence-electron chi connectivity index (χ2n) is 8.33. The summed E-state index contributed by atoms with van der Waals surface area (Å²) in [5.41, 5.74) is 6.10. The van der Waals surface area contributed by atoms with Crippen LogP contribution in [0, 0.1) is 0 Å². The van der Waals surface area contributed by atoms with Gasteiger partial charge in [0, 0.05) is 16.8 Å². The maximum absolute atomic E-state index is 12.5. The van der Waals surface area contributed by atoms with Gasteiger partial charge in [-0.15, -0.1) is 0 Å². The second kappa shape index (κ2) is 9.92. The Labute approximate surface area is 188 Å². The number of rotatable bonds is 6. The zero-order valence-corrected chi connectivity index (χ0v) is 18.7. The Bertz CT molecular complexity index is 1110. The number of nitrogens with one attached hydrogen (secondary N) is 2. The predicted octanol–water partition coefficient (Wildman–Crippen LogP) is 5.01. The molecule has 0 spiro atoms. The Morgan fingerprint density at radius 3 is 2.12 bits per heavy atom. The van der Waals surface area contributed by atoms with E-state index in [1.54, 1.807) is 37.6 Å². The first-order chi connectivity index (χ1) is 15.3. The highest BCUT2D eigenvalue weighted by atomic mass is 16.5. The Kier molecular flexibility index (Phi) is 7.05. The van der Waals surface area contributed by atoms with Crippen molar-refractivity contribution < 1.29 is 14.3 Å². The number of carbonyl (C=O) groups excluding carboxylic acids is 2. The Morgan fingerprint density at radius 2 is 1.50 bits per heavy atom. The summed E-state index contributed by atoms with van der Waals surface area (Å²) in [4.78, 5) is 24.8. The minimum Gasteiger partial charge on any atom is -0.497 e. The number of hydrogen-bond donors (Lipinski definition) is 2. The number of hydrogen-bond acceptors (Lipinski definition) is 4. The standard InChI is InChI=1S/C26H27N3O3/c1-26(2,3)21-12-8-19(9-13-21)24(30)28-22-14-10-20(11-15-22)25(31)29-27-17-18-6-5-7-23(16-18)32-4/h5-17H,1-4H3,(H,28,30)(H,29,31). The molecule has 0 saturated carbocycles. The highest BCUT2D eigenvalue weighted by Crippen LogP contribution is 2.22. The van der Waals surface area contributed by atoms with Crippen molar-refractivity contribution in [1.82, 2.24) is 5.43 Å². The van der Waals surface area contributed by atoms with Crippen molar-refractivity contribution in [2.24, 2.45) is 5.10 Å². The van der Waals surface area contributed by atoms with Crippen molar-refractivity contribution in [1.29, 1.82) is 0 Å². The van der Waals surface area contributed by atoms with Crippen LogP contribution in [0.25, 0.3) is 0 Å². The van der Waals surface area contributed by atoms with E-state index in [1.807, 2.05) is 48.5 Å². The van der Waals surface area contributed by atoms with Gasteiger partial charge in [-0.3, -0.25) is 9.59 Å². The smallest absolute Gasteiger partial charge is 0.271 e. The summed E-state index contributed by atoms with van der Waals surface area (Å²) in [6, 6.07) is 21.5. The van der Waals surface area contributed by atoms with E-state index < -0.39 is 0 Å². The fourth-order valence-electron chi connectivity index (χ4n) is 2.98. The lowest BCUT2D eigenvalue weighted by Crippen LogP contribution is -2.18. The van der Waals surface area contributed by atoms with Crippen molar-refractivity contribution in [3.63, 3.8) is 0 Å². The summed E-state index contributed by atoms with van der Waals surface area (Å²) < 4.78 is 5.16. The van der Waals surface area contributed by atoms with E-state index in [-0.39, 0.29) is 17.2 Å². The molecule has 0 aliphatic carbocycles. The van der Waals surface area contributed by atoms with E-state index in [0.717, 1.165) is 5.56 Å².